The van der Waals surface area contributed by atoms with E-state index in [1.54, 1.807) is 39.0 Å². The molecule has 0 heterocycles. The van der Waals surface area contributed by atoms with Crippen LogP contribution in [0.4, 0.5) is 0 Å². The Morgan fingerprint density at radius 1 is 1.26 bits per heavy atom. The first-order chi connectivity index (χ1) is 10.6. The number of hydrogen-bond donors (Lipinski definition) is 3. The number of benzene rings is 1. The first-order valence-electron chi connectivity index (χ1n) is 7.54. The van der Waals surface area contributed by atoms with Crippen molar-refractivity contribution in [1.29, 1.82) is 0 Å². The van der Waals surface area contributed by atoms with Crippen molar-refractivity contribution in [2.45, 2.75) is 51.9 Å². The number of carbonyl (C=O) groups excluding carboxylic acids is 2. The van der Waals surface area contributed by atoms with Crippen LogP contribution in [0.1, 0.15) is 56.1 Å². The van der Waals surface area contributed by atoms with E-state index >= 15 is 0 Å². The van der Waals surface area contributed by atoms with Gasteiger partial charge in [0.25, 0.3) is 0 Å². The number of aliphatic hydroxyl groups excluding tert-OH is 2. The maximum Gasteiger partial charge on any atom is 0.338 e. The number of amides is 1. The average molecular weight is 323 g/mol. The minimum Gasteiger partial charge on any atom is -0.456 e. The van der Waals surface area contributed by atoms with E-state index in [4.69, 9.17) is 4.74 Å². The normalized spacial score (nSPS) is 14.0. The van der Waals surface area contributed by atoms with Gasteiger partial charge in [0.05, 0.1) is 11.7 Å². The Hall–Kier alpha value is -1.92. The second-order valence-electron chi connectivity index (χ2n) is 6.41. The minimum absolute atomic E-state index is 0.196. The Labute approximate surface area is 136 Å². The van der Waals surface area contributed by atoms with Crippen LogP contribution < -0.4 is 5.32 Å². The maximum absolute atomic E-state index is 12.0. The van der Waals surface area contributed by atoms with Gasteiger partial charge in [0.1, 0.15) is 11.7 Å². The van der Waals surface area contributed by atoms with Gasteiger partial charge in [0.15, 0.2) is 0 Å². The lowest BCUT2D eigenvalue weighted by molar-refractivity contribution is -0.119. The topological polar surface area (TPSA) is 95.9 Å². The molecule has 0 aliphatic heterocycles. The van der Waals surface area contributed by atoms with Gasteiger partial charge in [-0.3, -0.25) is 4.79 Å². The third-order valence-electron chi connectivity index (χ3n) is 3.04. The van der Waals surface area contributed by atoms with Gasteiger partial charge in [-0.15, -0.1) is 0 Å². The summed E-state index contributed by atoms with van der Waals surface area (Å²) >= 11 is 0. The Balaban J connectivity index is 2.75. The average Bonchev–Trinajstić information content (AvgIpc) is 2.44. The third-order valence-corrected chi connectivity index (χ3v) is 3.04. The lowest BCUT2D eigenvalue weighted by Crippen LogP contribution is -2.28. The van der Waals surface area contributed by atoms with Crippen molar-refractivity contribution in [3.63, 3.8) is 0 Å². The zero-order chi connectivity index (χ0) is 17.6. The van der Waals surface area contributed by atoms with Crippen LogP contribution >= 0.6 is 0 Å². The Kier molecular flexibility index (Phi) is 6.72. The Morgan fingerprint density at radius 3 is 2.48 bits per heavy atom. The molecular formula is C17H25NO5. The molecule has 0 aromatic heterocycles. The fraction of sp³-hybridized carbons (Fsp3) is 0.529. The van der Waals surface area contributed by atoms with Gasteiger partial charge < -0.3 is 20.3 Å². The van der Waals surface area contributed by atoms with Crippen LogP contribution in [0.2, 0.25) is 0 Å². The molecule has 0 saturated heterocycles. The summed E-state index contributed by atoms with van der Waals surface area (Å²) in [4.78, 5) is 22.8. The Bertz CT molecular complexity index is 550. The van der Waals surface area contributed by atoms with Gasteiger partial charge >= 0.3 is 5.97 Å². The predicted molar refractivity (Wildman–Crippen MR) is 85.9 cm³/mol. The largest absolute Gasteiger partial charge is 0.456 e. The second kappa shape index (κ2) is 8.08. The molecule has 0 radical (unpaired) electrons. The zero-order valence-electron chi connectivity index (χ0n) is 14.0. The summed E-state index contributed by atoms with van der Waals surface area (Å²) in [7, 11) is 0. The van der Waals surface area contributed by atoms with E-state index in [1.807, 2.05) is 0 Å². The van der Waals surface area contributed by atoms with E-state index in [1.165, 1.54) is 13.0 Å². The number of carbonyl (C=O) groups is 2. The van der Waals surface area contributed by atoms with E-state index in [-0.39, 0.29) is 18.9 Å². The van der Waals surface area contributed by atoms with Crippen LogP contribution in [0, 0.1) is 0 Å². The highest BCUT2D eigenvalue weighted by Crippen LogP contribution is 2.21. The van der Waals surface area contributed by atoms with Crippen molar-refractivity contribution in [3.8, 4) is 0 Å². The quantitative estimate of drug-likeness (QED) is 0.691. The molecule has 0 aliphatic carbocycles. The molecule has 128 valence electrons. The summed E-state index contributed by atoms with van der Waals surface area (Å²) in [5.74, 6) is -0.683. The van der Waals surface area contributed by atoms with E-state index in [0.717, 1.165) is 0 Å². The minimum atomic E-state index is -1.15. The summed E-state index contributed by atoms with van der Waals surface area (Å²) in [5, 5.41) is 22.7. The van der Waals surface area contributed by atoms with Crippen LogP contribution in [0.3, 0.4) is 0 Å². The number of ether oxygens (including phenoxy) is 1. The van der Waals surface area contributed by atoms with Gasteiger partial charge in [-0.1, -0.05) is 12.1 Å². The molecule has 1 rings (SSSR count). The van der Waals surface area contributed by atoms with Crippen molar-refractivity contribution >= 4 is 11.9 Å². The first-order valence-corrected chi connectivity index (χ1v) is 7.54. The van der Waals surface area contributed by atoms with Crippen LogP contribution in [0.25, 0.3) is 0 Å². The molecule has 1 amide bonds. The monoisotopic (exact) mass is 323 g/mol. The molecule has 0 fully saturated rings. The van der Waals surface area contributed by atoms with Crippen LogP contribution in [0.15, 0.2) is 24.3 Å². The second-order valence-corrected chi connectivity index (χ2v) is 6.41. The standard InChI is InChI=1S/C17H25NO5/c1-11(19)18-9-8-14(20)15(21)12-6-5-7-13(10-12)16(22)23-17(2,3)4/h5-7,10,14-15,20-21H,8-9H2,1-4H3,(H,18,19). The summed E-state index contributed by atoms with van der Waals surface area (Å²) in [6.45, 7) is 6.96. The number of esters is 1. The van der Waals surface area contributed by atoms with Crippen LogP contribution in [-0.2, 0) is 9.53 Å². The number of hydrogen-bond acceptors (Lipinski definition) is 5. The summed E-state index contributed by atoms with van der Waals surface area (Å²) in [6, 6.07) is 6.34. The molecule has 0 bridgehead atoms. The smallest absolute Gasteiger partial charge is 0.338 e. The highest BCUT2D eigenvalue weighted by Gasteiger charge is 2.21. The molecule has 1 aromatic rings. The number of aliphatic hydroxyl groups is 2. The van der Waals surface area contributed by atoms with Gasteiger partial charge in [-0.25, -0.2) is 4.79 Å². The zero-order valence-corrected chi connectivity index (χ0v) is 14.0. The number of nitrogens with one attached hydrogen (secondary N) is 1. The fourth-order valence-electron chi connectivity index (χ4n) is 1.96. The molecule has 23 heavy (non-hydrogen) atoms. The molecule has 1 aromatic carbocycles. The lowest BCUT2D eigenvalue weighted by Gasteiger charge is -2.21. The van der Waals surface area contributed by atoms with E-state index in [0.29, 0.717) is 11.1 Å². The molecule has 6 heteroatoms. The predicted octanol–water partition coefficient (Wildman–Crippen LogP) is 1.56. The van der Waals surface area contributed by atoms with Crippen molar-refractivity contribution < 1.29 is 24.5 Å². The first kappa shape index (κ1) is 19.1. The fourth-order valence-corrected chi connectivity index (χ4v) is 1.96. The van der Waals surface area contributed by atoms with Crippen molar-refractivity contribution in [1.82, 2.24) is 5.32 Å². The third kappa shape index (κ3) is 6.80. The number of rotatable bonds is 6. The molecule has 2 unspecified atom stereocenters. The van der Waals surface area contributed by atoms with Gasteiger partial charge in [0.2, 0.25) is 5.91 Å². The molecular weight excluding hydrogens is 298 g/mol. The van der Waals surface area contributed by atoms with E-state index < -0.39 is 23.8 Å². The molecule has 2 atom stereocenters. The van der Waals surface area contributed by atoms with Gasteiger partial charge in [-0.2, -0.15) is 0 Å². The van der Waals surface area contributed by atoms with Crippen LogP contribution in [0.5, 0.6) is 0 Å². The molecule has 3 N–H and O–H groups in total. The summed E-state index contributed by atoms with van der Waals surface area (Å²) in [6.07, 6.45) is -1.99. The highest BCUT2D eigenvalue weighted by molar-refractivity contribution is 5.89. The lowest BCUT2D eigenvalue weighted by atomic mass is 10.00. The Morgan fingerprint density at radius 2 is 1.91 bits per heavy atom. The van der Waals surface area contributed by atoms with Crippen LogP contribution in [-0.4, -0.2) is 40.3 Å². The van der Waals surface area contributed by atoms with Crippen molar-refractivity contribution in [2.75, 3.05) is 6.54 Å². The van der Waals surface area contributed by atoms with Gasteiger partial charge in [-0.05, 0) is 44.9 Å². The SMILES string of the molecule is CC(=O)NCCC(O)C(O)c1cccc(C(=O)OC(C)(C)C)c1. The molecule has 0 aliphatic rings. The highest BCUT2D eigenvalue weighted by atomic mass is 16.6. The van der Waals surface area contributed by atoms with Crippen molar-refractivity contribution in [3.05, 3.63) is 35.4 Å². The van der Waals surface area contributed by atoms with E-state index in [2.05, 4.69) is 5.32 Å². The molecule has 6 nitrogen and oxygen atoms in total. The molecule has 0 spiro atoms. The maximum atomic E-state index is 12.0. The van der Waals surface area contributed by atoms with Gasteiger partial charge in [0, 0.05) is 13.5 Å². The van der Waals surface area contributed by atoms with Crippen molar-refractivity contribution in [2.24, 2.45) is 0 Å². The molecule has 0 saturated carbocycles. The van der Waals surface area contributed by atoms with E-state index in [9.17, 15) is 19.8 Å². The summed E-state index contributed by atoms with van der Waals surface area (Å²) < 4.78 is 5.28. The summed E-state index contributed by atoms with van der Waals surface area (Å²) in [5.41, 5.74) is 0.123.